The fraction of sp³-hybridized carbons (Fsp3) is 0.556. The van der Waals surface area contributed by atoms with Crippen LogP contribution in [0.25, 0.3) is 9.40 Å². The van der Waals surface area contributed by atoms with Gasteiger partial charge in [-0.2, -0.15) is 0 Å². The molecule has 1 saturated carbocycles. The Kier molecular flexibility index (Phi) is 5.25. The van der Waals surface area contributed by atoms with Gasteiger partial charge in [-0.15, -0.1) is 22.7 Å². The summed E-state index contributed by atoms with van der Waals surface area (Å²) in [6, 6.07) is 2.76. The molecular weight excluding hydrogens is 340 g/mol. The van der Waals surface area contributed by atoms with Crippen molar-refractivity contribution in [3.63, 3.8) is 0 Å². The first-order chi connectivity index (χ1) is 11.4. The summed E-state index contributed by atoms with van der Waals surface area (Å²) in [7, 11) is 1.92. The van der Waals surface area contributed by atoms with E-state index in [2.05, 4.69) is 23.7 Å². The summed E-state index contributed by atoms with van der Waals surface area (Å²) >= 11 is 3.54. The molecule has 2 aromatic heterocycles. The SMILES string of the molecule is CC(=O)NC1CCC(N(C)C(=O)Cc2csc3sc(C)cc23)CC1. The standard InChI is InChI=1S/C18H24N2O2S2/c1-11-8-16-13(10-23-18(16)24-11)9-17(22)20(3)15-6-4-14(5-7-15)19-12(2)21/h8,10,14-15H,4-7,9H2,1-3H3,(H,19,21). The molecule has 2 amide bonds. The normalized spacial score (nSPS) is 21.0. The van der Waals surface area contributed by atoms with E-state index in [9.17, 15) is 9.59 Å². The first-order valence-electron chi connectivity index (χ1n) is 8.43. The number of carbonyl (C=O) groups is 2. The van der Waals surface area contributed by atoms with Gasteiger partial charge in [0.05, 0.1) is 10.4 Å². The predicted octanol–water partition coefficient (Wildman–Crippen LogP) is 3.72. The lowest BCUT2D eigenvalue weighted by Crippen LogP contribution is -2.44. The Labute approximate surface area is 150 Å². The Morgan fingerprint density at radius 2 is 2.00 bits per heavy atom. The van der Waals surface area contributed by atoms with Crippen LogP contribution in [0.1, 0.15) is 43.0 Å². The molecule has 1 aliphatic rings. The zero-order valence-electron chi connectivity index (χ0n) is 14.4. The smallest absolute Gasteiger partial charge is 0.227 e. The number of nitrogens with zero attached hydrogens (tertiary/aromatic N) is 1. The van der Waals surface area contributed by atoms with Crippen molar-refractivity contribution in [2.24, 2.45) is 0 Å². The maximum atomic E-state index is 12.7. The largest absolute Gasteiger partial charge is 0.354 e. The van der Waals surface area contributed by atoms with Crippen LogP contribution >= 0.6 is 22.7 Å². The highest BCUT2D eigenvalue weighted by Gasteiger charge is 2.27. The zero-order valence-corrected chi connectivity index (χ0v) is 16.1. The van der Waals surface area contributed by atoms with E-state index in [1.807, 2.05) is 11.9 Å². The minimum Gasteiger partial charge on any atom is -0.354 e. The van der Waals surface area contributed by atoms with Crippen molar-refractivity contribution in [3.8, 4) is 0 Å². The quantitative estimate of drug-likeness (QED) is 0.899. The summed E-state index contributed by atoms with van der Waals surface area (Å²) in [6.45, 7) is 3.68. The summed E-state index contributed by atoms with van der Waals surface area (Å²) in [5, 5.41) is 6.36. The molecule has 2 heterocycles. The molecule has 1 N–H and O–H groups in total. The topological polar surface area (TPSA) is 49.4 Å². The average molecular weight is 365 g/mol. The molecule has 0 spiro atoms. The van der Waals surface area contributed by atoms with Gasteiger partial charge in [-0.3, -0.25) is 9.59 Å². The van der Waals surface area contributed by atoms with Gasteiger partial charge >= 0.3 is 0 Å². The number of aryl methyl sites for hydroxylation is 1. The molecule has 1 fully saturated rings. The van der Waals surface area contributed by atoms with E-state index in [4.69, 9.17) is 0 Å². The Bertz CT molecular complexity index is 741. The highest BCUT2D eigenvalue weighted by atomic mass is 32.2. The van der Waals surface area contributed by atoms with Gasteiger partial charge in [-0.25, -0.2) is 0 Å². The molecule has 2 aromatic rings. The van der Waals surface area contributed by atoms with Crippen LogP contribution < -0.4 is 5.32 Å². The van der Waals surface area contributed by atoms with Crippen LogP contribution in [0.15, 0.2) is 11.4 Å². The van der Waals surface area contributed by atoms with E-state index in [-0.39, 0.29) is 17.9 Å². The van der Waals surface area contributed by atoms with Crippen molar-refractivity contribution in [1.29, 1.82) is 0 Å². The zero-order chi connectivity index (χ0) is 17.3. The van der Waals surface area contributed by atoms with Crippen LogP contribution in [-0.2, 0) is 16.0 Å². The molecular formula is C18H24N2O2S2. The molecule has 0 atom stereocenters. The van der Waals surface area contributed by atoms with Gasteiger partial charge in [0.15, 0.2) is 0 Å². The van der Waals surface area contributed by atoms with Gasteiger partial charge in [0.2, 0.25) is 11.8 Å². The maximum Gasteiger partial charge on any atom is 0.227 e. The number of thiophene rings is 2. The molecule has 0 radical (unpaired) electrons. The number of fused-ring (bicyclic) bond motifs is 1. The number of amides is 2. The number of hydrogen-bond acceptors (Lipinski definition) is 4. The number of carbonyl (C=O) groups excluding carboxylic acids is 2. The van der Waals surface area contributed by atoms with Gasteiger partial charge in [0, 0.05) is 36.3 Å². The number of likely N-dealkylation sites (N-methyl/N-ethyl adjacent to an activating group) is 1. The summed E-state index contributed by atoms with van der Waals surface area (Å²) in [5.74, 6) is 0.233. The third-order valence-corrected chi connectivity index (χ3v) is 7.08. The third kappa shape index (κ3) is 3.81. The summed E-state index contributed by atoms with van der Waals surface area (Å²) in [6.07, 6.45) is 4.31. The van der Waals surface area contributed by atoms with Crippen LogP contribution in [0.5, 0.6) is 0 Å². The van der Waals surface area contributed by atoms with Crippen molar-refractivity contribution in [1.82, 2.24) is 10.2 Å². The van der Waals surface area contributed by atoms with Gasteiger partial charge in [-0.05, 0) is 49.6 Å². The Morgan fingerprint density at radius 3 is 2.67 bits per heavy atom. The van der Waals surface area contributed by atoms with E-state index in [1.54, 1.807) is 29.6 Å². The van der Waals surface area contributed by atoms with Crippen LogP contribution in [0.3, 0.4) is 0 Å². The van der Waals surface area contributed by atoms with Crippen molar-refractivity contribution in [2.45, 2.75) is 58.0 Å². The molecule has 0 aliphatic heterocycles. The van der Waals surface area contributed by atoms with Crippen molar-refractivity contribution < 1.29 is 9.59 Å². The van der Waals surface area contributed by atoms with E-state index < -0.39 is 0 Å². The first kappa shape index (κ1) is 17.4. The Balaban J connectivity index is 1.58. The lowest BCUT2D eigenvalue weighted by atomic mass is 9.90. The van der Waals surface area contributed by atoms with Crippen LogP contribution in [0.4, 0.5) is 0 Å². The average Bonchev–Trinajstić information content (AvgIpc) is 3.07. The highest BCUT2D eigenvalue weighted by molar-refractivity contribution is 7.37. The molecule has 4 nitrogen and oxygen atoms in total. The second kappa shape index (κ2) is 7.23. The Morgan fingerprint density at radius 1 is 1.29 bits per heavy atom. The second-order valence-electron chi connectivity index (χ2n) is 6.71. The molecule has 0 unspecified atom stereocenters. The van der Waals surface area contributed by atoms with Gasteiger partial charge in [0.1, 0.15) is 0 Å². The molecule has 0 saturated heterocycles. The second-order valence-corrected chi connectivity index (χ2v) is 9.10. The van der Waals surface area contributed by atoms with Gasteiger partial charge < -0.3 is 10.2 Å². The monoisotopic (exact) mass is 364 g/mol. The lowest BCUT2D eigenvalue weighted by molar-refractivity contribution is -0.132. The maximum absolute atomic E-state index is 12.7. The van der Waals surface area contributed by atoms with Crippen molar-refractivity contribution in [2.75, 3.05) is 7.05 Å². The predicted molar refractivity (Wildman–Crippen MR) is 101 cm³/mol. The van der Waals surface area contributed by atoms with Crippen molar-refractivity contribution >= 4 is 43.9 Å². The molecule has 6 heteroatoms. The minimum atomic E-state index is 0.0374. The number of hydrogen-bond donors (Lipinski definition) is 1. The molecule has 24 heavy (non-hydrogen) atoms. The summed E-state index contributed by atoms with van der Waals surface area (Å²) < 4.78 is 1.31. The lowest BCUT2D eigenvalue weighted by Gasteiger charge is -2.35. The number of rotatable bonds is 4. The van der Waals surface area contributed by atoms with Gasteiger partial charge in [-0.1, -0.05) is 0 Å². The fourth-order valence-corrected chi connectivity index (χ4v) is 5.79. The first-order valence-corrected chi connectivity index (χ1v) is 10.1. The summed E-state index contributed by atoms with van der Waals surface area (Å²) in [4.78, 5) is 27.1. The Hall–Kier alpha value is -1.40. The molecule has 1 aliphatic carbocycles. The highest BCUT2D eigenvalue weighted by Crippen LogP contribution is 2.34. The van der Waals surface area contributed by atoms with E-state index >= 15 is 0 Å². The van der Waals surface area contributed by atoms with Gasteiger partial charge in [0.25, 0.3) is 0 Å². The minimum absolute atomic E-state index is 0.0374. The molecule has 130 valence electrons. The van der Waals surface area contributed by atoms with E-state index in [0.29, 0.717) is 12.5 Å². The molecule has 0 aromatic carbocycles. The van der Waals surface area contributed by atoms with Crippen LogP contribution in [-0.4, -0.2) is 35.8 Å². The fourth-order valence-electron chi connectivity index (χ4n) is 3.52. The summed E-state index contributed by atoms with van der Waals surface area (Å²) in [5.41, 5.74) is 1.16. The van der Waals surface area contributed by atoms with Crippen LogP contribution in [0, 0.1) is 6.92 Å². The third-order valence-electron chi connectivity index (χ3n) is 4.86. The van der Waals surface area contributed by atoms with E-state index in [0.717, 1.165) is 31.2 Å². The van der Waals surface area contributed by atoms with Crippen molar-refractivity contribution in [3.05, 3.63) is 21.9 Å². The molecule has 0 bridgehead atoms. The van der Waals surface area contributed by atoms with Crippen LogP contribution in [0.2, 0.25) is 0 Å². The van der Waals surface area contributed by atoms with E-state index in [1.165, 1.54) is 14.3 Å². The molecule has 3 rings (SSSR count). The number of nitrogens with one attached hydrogen (secondary N) is 1.